The van der Waals surface area contributed by atoms with Crippen LogP contribution in [0.3, 0.4) is 0 Å². The third-order valence-electron chi connectivity index (χ3n) is 6.12. The molecule has 2 aromatic rings. The molecule has 0 saturated carbocycles. The van der Waals surface area contributed by atoms with Crippen molar-refractivity contribution >= 4 is 23.3 Å². The first-order valence-electron chi connectivity index (χ1n) is 11.2. The summed E-state index contributed by atoms with van der Waals surface area (Å²) in [5.74, 6) is 0.364. The number of likely N-dealkylation sites (tertiary alicyclic amines) is 1. The molecular weight excluding hydrogens is 414 g/mol. The Labute approximate surface area is 195 Å². The van der Waals surface area contributed by atoms with Gasteiger partial charge in [0, 0.05) is 44.5 Å². The first kappa shape index (κ1) is 23.9. The van der Waals surface area contributed by atoms with E-state index in [0.29, 0.717) is 11.5 Å². The molecule has 1 fully saturated rings. The maximum absolute atomic E-state index is 12.2. The van der Waals surface area contributed by atoms with Crippen molar-refractivity contribution in [3.63, 3.8) is 0 Å². The number of urea groups is 1. The lowest BCUT2D eigenvalue weighted by Gasteiger charge is -2.35. The largest absolute Gasteiger partial charge is 0.371 e. The summed E-state index contributed by atoms with van der Waals surface area (Å²) >= 11 is 0. The summed E-state index contributed by atoms with van der Waals surface area (Å²) < 4.78 is 0. The lowest BCUT2D eigenvalue weighted by molar-refractivity contribution is -0.120. The molecule has 0 aliphatic carbocycles. The lowest BCUT2D eigenvalue weighted by Crippen LogP contribution is -2.33. The van der Waals surface area contributed by atoms with Crippen LogP contribution >= 0.6 is 0 Å². The highest BCUT2D eigenvalue weighted by Gasteiger charge is 2.22. The summed E-state index contributed by atoms with van der Waals surface area (Å²) in [5.41, 5.74) is 5.55. The third-order valence-corrected chi connectivity index (χ3v) is 6.12. The second-order valence-corrected chi connectivity index (χ2v) is 8.28. The standard InChI is InChI=1S/C26H31N5O2/c1-18-4-7-23(16-24(18)30-26(33)29-13-10-25(32)28-3)19(2)31-14-11-22(12-15-31)21-8-5-20(17-27)6-9-21/h4-9,16,22H,2,10-15H2,1,3H3,(H,28,32)(H2,29,30,33). The zero-order chi connectivity index (χ0) is 23.8. The van der Waals surface area contributed by atoms with Crippen molar-refractivity contribution < 1.29 is 9.59 Å². The molecule has 1 aliphatic rings. The van der Waals surface area contributed by atoms with Gasteiger partial charge in [-0.05, 0) is 60.6 Å². The molecule has 1 aliphatic heterocycles. The van der Waals surface area contributed by atoms with Crippen molar-refractivity contribution in [2.24, 2.45) is 0 Å². The van der Waals surface area contributed by atoms with Gasteiger partial charge < -0.3 is 20.9 Å². The maximum Gasteiger partial charge on any atom is 0.319 e. The van der Waals surface area contributed by atoms with Crippen LogP contribution in [-0.4, -0.2) is 43.5 Å². The Kier molecular flexibility index (Phi) is 8.09. The van der Waals surface area contributed by atoms with Gasteiger partial charge in [-0.1, -0.05) is 30.8 Å². The second kappa shape index (κ2) is 11.2. The fourth-order valence-corrected chi connectivity index (χ4v) is 4.01. The number of anilines is 1. The van der Waals surface area contributed by atoms with Gasteiger partial charge in [0.05, 0.1) is 11.6 Å². The number of nitriles is 1. The van der Waals surface area contributed by atoms with Crippen molar-refractivity contribution in [2.45, 2.75) is 32.1 Å². The van der Waals surface area contributed by atoms with Crippen LogP contribution in [0.2, 0.25) is 0 Å². The van der Waals surface area contributed by atoms with Crippen LogP contribution in [0.1, 0.15) is 47.4 Å². The van der Waals surface area contributed by atoms with E-state index in [9.17, 15) is 9.59 Å². The van der Waals surface area contributed by atoms with Crippen molar-refractivity contribution in [2.75, 3.05) is 32.0 Å². The summed E-state index contributed by atoms with van der Waals surface area (Å²) in [6.45, 7) is 8.33. The molecule has 0 radical (unpaired) electrons. The quantitative estimate of drug-likeness (QED) is 0.601. The number of nitrogens with one attached hydrogen (secondary N) is 3. The highest BCUT2D eigenvalue weighted by Crippen LogP contribution is 2.32. The number of carbonyl (C=O) groups excluding carboxylic acids is 2. The molecule has 0 spiro atoms. The Balaban J connectivity index is 1.57. The summed E-state index contributed by atoms with van der Waals surface area (Å²) in [6.07, 6.45) is 2.28. The zero-order valence-electron chi connectivity index (χ0n) is 19.3. The number of aryl methyl sites for hydroxylation is 1. The van der Waals surface area contributed by atoms with E-state index in [1.54, 1.807) is 7.05 Å². The van der Waals surface area contributed by atoms with Gasteiger partial charge in [-0.15, -0.1) is 0 Å². The monoisotopic (exact) mass is 445 g/mol. The molecule has 7 nitrogen and oxygen atoms in total. The number of amides is 3. The summed E-state index contributed by atoms with van der Waals surface area (Å²) in [4.78, 5) is 25.8. The van der Waals surface area contributed by atoms with E-state index in [1.807, 2.05) is 37.3 Å². The smallest absolute Gasteiger partial charge is 0.319 e. The Bertz CT molecular complexity index is 1050. The van der Waals surface area contributed by atoms with E-state index in [1.165, 1.54) is 5.56 Å². The number of rotatable bonds is 7. The number of benzene rings is 2. The van der Waals surface area contributed by atoms with Crippen LogP contribution < -0.4 is 16.0 Å². The van der Waals surface area contributed by atoms with E-state index in [-0.39, 0.29) is 24.9 Å². The van der Waals surface area contributed by atoms with E-state index >= 15 is 0 Å². The average molecular weight is 446 g/mol. The molecule has 3 N–H and O–H groups in total. The summed E-state index contributed by atoms with van der Waals surface area (Å²) in [7, 11) is 1.57. The van der Waals surface area contributed by atoms with Gasteiger partial charge in [-0.2, -0.15) is 5.26 Å². The van der Waals surface area contributed by atoms with Crippen LogP contribution in [0.5, 0.6) is 0 Å². The molecule has 172 valence electrons. The van der Waals surface area contributed by atoms with Crippen LogP contribution in [0.25, 0.3) is 5.70 Å². The Morgan fingerprint density at radius 2 is 1.85 bits per heavy atom. The molecule has 1 saturated heterocycles. The first-order valence-corrected chi connectivity index (χ1v) is 11.2. The molecule has 0 bridgehead atoms. The minimum Gasteiger partial charge on any atom is -0.371 e. The molecule has 0 aromatic heterocycles. The molecule has 33 heavy (non-hydrogen) atoms. The van der Waals surface area contributed by atoms with Gasteiger partial charge in [0.15, 0.2) is 0 Å². The number of hydrogen-bond donors (Lipinski definition) is 3. The summed E-state index contributed by atoms with van der Waals surface area (Å²) in [5, 5.41) is 17.1. The number of hydrogen-bond acceptors (Lipinski definition) is 4. The topological polar surface area (TPSA) is 97.3 Å². The van der Waals surface area contributed by atoms with Gasteiger partial charge in [0.2, 0.25) is 5.91 Å². The first-order chi connectivity index (χ1) is 15.9. The van der Waals surface area contributed by atoms with Crippen molar-refractivity contribution in [3.05, 3.63) is 71.3 Å². The fourth-order valence-electron chi connectivity index (χ4n) is 4.01. The molecule has 2 aromatic carbocycles. The average Bonchev–Trinajstić information content (AvgIpc) is 2.85. The van der Waals surface area contributed by atoms with Gasteiger partial charge >= 0.3 is 6.03 Å². The van der Waals surface area contributed by atoms with Crippen LogP contribution in [0, 0.1) is 18.3 Å². The fraction of sp³-hybridized carbons (Fsp3) is 0.346. The van der Waals surface area contributed by atoms with E-state index in [4.69, 9.17) is 5.26 Å². The Hall–Kier alpha value is -3.79. The number of carbonyl (C=O) groups is 2. The molecule has 0 atom stereocenters. The predicted octanol–water partition coefficient (Wildman–Crippen LogP) is 3.97. The molecule has 0 unspecified atom stereocenters. The van der Waals surface area contributed by atoms with E-state index < -0.39 is 0 Å². The van der Waals surface area contributed by atoms with Gasteiger partial charge in [0.1, 0.15) is 0 Å². The van der Waals surface area contributed by atoms with Crippen LogP contribution in [0.15, 0.2) is 49.0 Å². The molecule has 3 amide bonds. The van der Waals surface area contributed by atoms with Crippen molar-refractivity contribution in [1.29, 1.82) is 5.26 Å². The number of piperidine rings is 1. The third kappa shape index (κ3) is 6.36. The normalized spacial score (nSPS) is 13.7. The lowest BCUT2D eigenvalue weighted by atomic mass is 9.88. The van der Waals surface area contributed by atoms with Crippen LogP contribution in [-0.2, 0) is 4.79 Å². The maximum atomic E-state index is 12.2. The van der Waals surface area contributed by atoms with E-state index in [0.717, 1.165) is 48.4 Å². The highest BCUT2D eigenvalue weighted by molar-refractivity contribution is 5.91. The Morgan fingerprint density at radius 3 is 2.48 bits per heavy atom. The van der Waals surface area contributed by atoms with Gasteiger partial charge in [-0.25, -0.2) is 4.79 Å². The minimum absolute atomic E-state index is 0.118. The second-order valence-electron chi connectivity index (χ2n) is 8.28. The molecule has 3 rings (SSSR count). The Morgan fingerprint density at radius 1 is 1.15 bits per heavy atom. The van der Waals surface area contributed by atoms with E-state index in [2.05, 4.69) is 45.6 Å². The summed E-state index contributed by atoms with van der Waals surface area (Å²) in [6, 6.07) is 15.7. The van der Waals surface area contributed by atoms with Crippen molar-refractivity contribution in [1.82, 2.24) is 15.5 Å². The van der Waals surface area contributed by atoms with Gasteiger partial charge in [-0.3, -0.25) is 4.79 Å². The predicted molar refractivity (Wildman–Crippen MR) is 131 cm³/mol. The van der Waals surface area contributed by atoms with Crippen LogP contribution in [0.4, 0.5) is 10.5 Å². The minimum atomic E-state index is -0.340. The van der Waals surface area contributed by atoms with Gasteiger partial charge in [0.25, 0.3) is 0 Å². The SMILES string of the molecule is C=C(c1ccc(C)c(NC(=O)NCCC(=O)NC)c1)N1CCC(c2ccc(C#N)cc2)CC1. The molecule has 7 heteroatoms. The highest BCUT2D eigenvalue weighted by atomic mass is 16.2. The molecular formula is C26H31N5O2. The number of nitrogens with zero attached hydrogens (tertiary/aromatic N) is 2. The molecule has 1 heterocycles. The van der Waals surface area contributed by atoms with Crippen molar-refractivity contribution in [3.8, 4) is 6.07 Å². The zero-order valence-corrected chi connectivity index (χ0v) is 19.3.